The SMILES string of the molecule is COC(=O)c1ccccc1NS(=O)(=O)c1ccc(SC)c(C(=O)N2CCCCCC2)c1. The minimum Gasteiger partial charge on any atom is -0.465 e. The van der Waals surface area contributed by atoms with Crippen LogP contribution < -0.4 is 4.72 Å². The Labute approximate surface area is 187 Å². The number of rotatable bonds is 6. The molecule has 0 spiro atoms. The molecule has 7 nitrogen and oxygen atoms in total. The summed E-state index contributed by atoms with van der Waals surface area (Å²) in [6, 6.07) is 10.7. The van der Waals surface area contributed by atoms with Crippen LogP contribution in [0.15, 0.2) is 52.3 Å². The number of carbonyl (C=O) groups is 2. The minimum atomic E-state index is -4.03. The van der Waals surface area contributed by atoms with Crippen LogP contribution in [0.3, 0.4) is 0 Å². The first kappa shape index (κ1) is 23.1. The fourth-order valence-corrected chi connectivity index (χ4v) is 5.21. The number of amides is 1. The first-order valence-corrected chi connectivity index (χ1v) is 12.8. The van der Waals surface area contributed by atoms with Gasteiger partial charge in [0.1, 0.15) is 0 Å². The highest BCUT2D eigenvalue weighted by Crippen LogP contribution is 2.28. The summed E-state index contributed by atoms with van der Waals surface area (Å²) in [6.07, 6.45) is 5.94. The van der Waals surface area contributed by atoms with E-state index in [1.165, 1.54) is 43.1 Å². The topological polar surface area (TPSA) is 92.8 Å². The fraction of sp³-hybridized carbons (Fsp3) is 0.364. The number of anilines is 1. The van der Waals surface area contributed by atoms with Crippen LogP contribution in [-0.4, -0.2) is 51.6 Å². The number of nitrogens with zero attached hydrogens (tertiary/aromatic N) is 1. The number of thioether (sulfide) groups is 1. The van der Waals surface area contributed by atoms with E-state index in [9.17, 15) is 18.0 Å². The summed E-state index contributed by atoms with van der Waals surface area (Å²) >= 11 is 1.40. The first-order valence-electron chi connectivity index (χ1n) is 10.0. The van der Waals surface area contributed by atoms with Gasteiger partial charge in [-0.1, -0.05) is 25.0 Å². The molecular formula is C22H26N2O5S2. The molecule has 0 bridgehead atoms. The quantitative estimate of drug-likeness (QED) is 0.515. The summed E-state index contributed by atoms with van der Waals surface area (Å²) in [5.41, 5.74) is 0.595. The lowest BCUT2D eigenvalue weighted by molar-refractivity contribution is 0.0601. The van der Waals surface area contributed by atoms with Gasteiger partial charge >= 0.3 is 5.97 Å². The summed E-state index contributed by atoms with van der Waals surface area (Å²) in [5.74, 6) is -0.800. The molecule has 0 radical (unpaired) electrons. The van der Waals surface area contributed by atoms with Crippen molar-refractivity contribution in [3.63, 3.8) is 0 Å². The Kier molecular flexibility index (Phi) is 7.61. The van der Waals surface area contributed by atoms with Gasteiger partial charge in [-0.05, 0) is 49.4 Å². The highest BCUT2D eigenvalue weighted by Gasteiger charge is 2.24. The highest BCUT2D eigenvalue weighted by molar-refractivity contribution is 7.98. The van der Waals surface area contributed by atoms with Gasteiger partial charge in [-0.3, -0.25) is 9.52 Å². The van der Waals surface area contributed by atoms with Crippen molar-refractivity contribution in [1.29, 1.82) is 0 Å². The number of nitrogens with one attached hydrogen (secondary N) is 1. The molecule has 1 fully saturated rings. The molecule has 3 rings (SSSR count). The van der Waals surface area contributed by atoms with Crippen molar-refractivity contribution >= 4 is 39.3 Å². The maximum absolute atomic E-state index is 13.2. The highest BCUT2D eigenvalue weighted by atomic mass is 32.2. The van der Waals surface area contributed by atoms with E-state index in [0.29, 0.717) is 18.7 Å². The van der Waals surface area contributed by atoms with E-state index in [0.717, 1.165) is 30.6 Å². The molecule has 2 aromatic carbocycles. The molecule has 1 saturated heterocycles. The summed E-state index contributed by atoms with van der Waals surface area (Å²) in [4.78, 5) is 27.7. The molecule has 1 amide bonds. The van der Waals surface area contributed by atoms with Crippen molar-refractivity contribution in [2.75, 3.05) is 31.2 Å². The maximum atomic E-state index is 13.2. The summed E-state index contributed by atoms with van der Waals surface area (Å²) < 4.78 is 33.3. The van der Waals surface area contributed by atoms with E-state index in [4.69, 9.17) is 4.74 Å². The van der Waals surface area contributed by atoms with Crippen molar-refractivity contribution in [3.8, 4) is 0 Å². The van der Waals surface area contributed by atoms with E-state index in [1.807, 2.05) is 6.26 Å². The average molecular weight is 463 g/mol. The summed E-state index contributed by atoms with van der Waals surface area (Å²) in [6.45, 7) is 1.35. The van der Waals surface area contributed by atoms with Gasteiger partial charge in [-0.2, -0.15) is 0 Å². The average Bonchev–Trinajstić information content (AvgIpc) is 3.07. The Morgan fingerprint density at radius 1 is 1.00 bits per heavy atom. The summed E-state index contributed by atoms with van der Waals surface area (Å²) in [7, 11) is -2.80. The van der Waals surface area contributed by atoms with Crippen molar-refractivity contribution in [3.05, 3.63) is 53.6 Å². The van der Waals surface area contributed by atoms with Crippen LogP contribution in [0, 0.1) is 0 Å². The maximum Gasteiger partial charge on any atom is 0.339 e. The smallest absolute Gasteiger partial charge is 0.339 e. The Hall–Kier alpha value is -2.52. The molecule has 0 unspecified atom stereocenters. The molecule has 1 N–H and O–H groups in total. The standard InChI is InChI=1S/C22H26N2O5S2/c1-29-22(26)17-9-5-6-10-19(17)23-31(27,28)16-11-12-20(30-2)18(15-16)21(25)24-13-7-3-4-8-14-24/h5-6,9-12,15,23H,3-4,7-8,13-14H2,1-2H3. The minimum absolute atomic E-state index is 0.0388. The Morgan fingerprint density at radius 3 is 2.32 bits per heavy atom. The van der Waals surface area contributed by atoms with E-state index >= 15 is 0 Å². The molecule has 9 heteroatoms. The number of sulfonamides is 1. The molecule has 0 aromatic heterocycles. The predicted molar refractivity (Wildman–Crippen MR) is 121 cm³/mol. The Bertz CT molecular complexity index is 1060. The van der Waals surface area contributed by atoms with Crippen LogP contribution in [0.5, 0.6) is 0 Å². The van der Waals surface area contributed by atoms with Gasteiger partial charge in [-0.15, -0.1) is 11.8 Å². The lowest BCUT2D eigenvalue weighted by atomic mass is 10.2. The molecule has 1 aliphatic rings. The summed E-state index contributed by atoms with van der Waals surface area (Å²) in [5, 5.41) is 0. The monoisotopic (exact) mass is 462 g/mol. The van der Waals surface area contributed by atoms with E-state index in [1.54, 1.807) is 23.1 Å². The molecule has 0 atom stereocenters. The zero-order valence-electron chi connectivity index (χ0n) is 17.6. The molecule has 0 saturated carbocycles. The zero-order chi connectivity index (χ0) is 22.4. The molecular weight excluding hydrogens is 436 g/mol. The van der Waals surface area contributed by atoms with Gasteiger partial charge in [0.25, 0.3) is 15.9 Å². The van der Waals surface area contributed by atoms with E-state index in [2.05, 4.69) is 4.72 Å². The predicted octanol–water partition coefficient (Wildman–Crippen LogP) is 4.01. The lowest BCUT2D eigenvalue weighted by Gasteiger charge is -2.22. The number of hydrogen-bond acceptors (Lipinski definition) is 6. The van der Waals surface area contributed by atoms with Crippen LogP contribution in [0.25, 0.3) is 0 Å². The number of para-hydroxylation sites is 1. The van der Waals surface area contributed by atoms with Crippen molar-refractivity contribution in [2.24, 2.45) is 0 Å². The zero-order valence-corrected chi connectivity index (χ0v) is 19.2. The second-order valence-electron chi connectivity index (χ2n) is 7.21. The van der Waals surface area contributed by atoms with Crippen LogP contribution in [-0.2, 0) is 14.8 Å². The van der Waals surface area contributed by atoms with Gasteiger partial charge in [0.05, 0.1) is 28.8 Å². The number of hydrogen-bond donors (Lipinski definition) is 1. The normalized spacial score (nSPS) is 14.6. The third-order valence-electron chi connectivity index (χ3n) is 5.18. The molecule has 166 valence electrons. The van der Waals surface area contributed by atoms with Crippen molar-refractivity contribution in [2.45, 2.75) is 35.5 Å². The van der Waals surface area contributed by atoms with Crippen molar-refractivity contribution in [1.82, 2.24) is 4.90 Å². The number of ether oxygens (including phenoxy) is 1. The van der Waals surface area contributed by atoms with Gasteiger partial charge in [0.15, 0.2) is 0 Å². The van der Waals surface area contributed by atoms with Crippen LogP contribution in [0.4, 0.5) is 5.69 Å². The van der Waals surface area contributed by atoms with Crippen LogP contribution >= 0.6 is 11.8 Å². The van der Waals surface area contributed by atoms with Crippen molar-refractivity contribution < 1.29 is 22.7 Å². The molecule has 31 heavy (non-hydrogen) atoms. The number of benzene rings is 2. The Morgan fingerprint density at radius 2 is 1.68 bits per heavy atom. The first-order chi connectivity index (χ1) is 14.9. The molecule has 1 aliphatic heterocycles. The third-order valence-corrected chi connectivity index (χ3v) is 7.34. The van der Waals surface area contributed by atoms with Crippen LogP contribution in [0.1, 0.15) is 46.4 Å². The van der Waals surface area contributed by atoms with Gasteiger partial charge in [0.2, 0.25) is 0 Å². The molecule has 2 aromatic rings. The number of likely N-dealkylation sites (tertiary alicyclic amines) is 1. The molecule has 1 heterocycles. The number of esters is 1. The van der Waals surface area contributed by atoms with Crippen LogP contribution in [0.2, 0.25) is 0 Å². The fourth-order valence-electron chi connectivity index (χ4n) is 3.53. The largest absolute Gasteiger partial charge is 0.465 e. The van der Waals surface area contributed by atoms with Gasteiger partial charge in [0, 0.05) is 18.0 Å². The number of carbonyl (C=O) groups excluding carboxylic acids is 2. The Balaban J connectivity index is 1.95. The molecule has 0 aliphatic carbocycles. The van der Waals surface area contributed by atoms with Gasteiger partial charge in [-0.25, -0.2) is 13.2 Å². The second-order valence-corrected chi connectivity index (χ2v) is 9.74. The van der Waals surface area contributed by atoms with E-state index in [-0.39, 0.29) is 22.1 Å². The second kappa shape index (κ2) is 10.2. The number of methoxy groups -OCH3 is 1. The lowest BCUT2D eigenvalue weighted by Crippen LogP contribution is -2.32. The van der Waals surface area contributed by atoms with E-state index < -0.39 is 16.0 Å². The third kappa shape index (κ3) is 5.40. The van der Waals surface area contributed by atoms with Gasteiger partial charge < -0.3 is 9.64 Å².